The smallest absolute Gasteiger partial charge is 0.263 e. The molecule has 0 amide bonds. The fourth-order valence-electron chi connectivity index (χ4n) is 2.66. The second-order valence-corrected chi connectivity index (χ2v) is 8.41. The van der Waals surface area contributed by atoms with Gasteiger partial charge in [-0.3, -0.25) is 4.72 Å². The van der Waals surface area contributed by atoms with Gasteiger partial charge in [-0.05, 0) is 43.3 Å². The summed E-state index contributed by atoms with van der Waals surface area (Å²) in [5.41, 5.74) is 2.58. The molecule has 1 N–H and O–H groups in total. The van der Waals surface area contributed by atoms with E-state index in [4.69, 9.17) is 23.2 Å². The minimum absolute atomic E-state index is 0.0184. The van der Waals surface area contributed by atoms with Crippen molar-refractivity contribution in [1.82, 2.24) is 19.8 Å². The third-order valence-electron chi connectivity index (χ3n) is 4.06. The predicted molar refractivity (Wildman–Crippen MR) is 108 cm³/mol. The van der Waals surface area contributed by atoms with E-state index in [1.807, 2.05) is 19.1 Å². The third kappa shape index (κ3) is 3.42. The standard InChI is InChI=1S/C18H13Cl2N5O2S/c1-11-21-22-17-10-9-15(23-25(11)17)12-5-7-13(8-6-12)24-28(26,27)16-4-2-3-14(19)18(16)20/h2-10,24H,1H3. The van der Waals surface area contributed by atoms with Gasteiger partial charge >= 0.3 is 0 Å². The average Bonchev–Trinajstić information content (AvgIpc) is 3.04. The fraction of sp³-hybridized carbons (Fsp3) is 0.0556. The van der Waals surface area contributed by atoms with E-state index in [9.17, 15) is 8.42 Å². The summed E-state index contributed by atoms with van der Waals surface area (Å²) in [5, 5.41) is 12.6. The minimum atomic E-state index is -3.87. The van der Waals surface area contributed by atoms with Crippen LogP contribution < -0.4 is 4.72 Å². The molecule has 10 heteroatoms. The Morgan fingerprint density at radius 2 is 1.71 bits per heavy atom. The van der Waals surface area contributed by atoms with Gasteiger partial charge in [-0.15, -0.1) is 10.2 Å². The summed E-state index contributed by atoms with van der Waals surface area (Å²) in [6.45, 7) is 1.82. The highest BCUT2D eigenvalue weighted by molar-refractivity contribution is 7.92. The predicted octanol–water partition coefficient (Wildman–Crippen LogP) is 4.21. The molecule has 0 aliphatic rings. The summed E-state index contributed by atoms with van der Waals surface area (Å²) in [5.74, 6) is 0.680. The number of sulfonamides is 1. The van der Waals surface area contributed by atoms with E-state index in [2.05, 4.69) is 20.0 Å². The van der Waals surface area contributed by atoms with Gasteiger partial charge in [0.25, 0.3) is 10.0 Å². The van der Waals surface area contributed by atoms with Crippen molar-refractivity contribution in [1.29, 1.82) is 0 Å². The maximum atomic E-state index is 12.6. The van der Waals surface area contributed by atoms with E-state index in [-0.39, 0.29) is 14.9 Å². The molecule has 0 aliphatic heterocycles. The van der Waals surface area contributed by atoms with Crippen LogP contribution in [0.25, 0.3) is 16.9 Å². The van der Waals surface area contributed by atoms with Gasteiger partial charge in [0, 0.05) is 11.3 Å². The number of hydrogen-bond donors (Lipinski definition) is 1. The SMILES string of the molecule is Cc1nnc2ccc(-c3ccc(NS(=O)(=O)c4cccc(Cl)c4Cl)cc3)nn12. The summed E-state index contributed by atoms with van der Waals surface area (Å²) in [7, 11) is -3.87. The molecule has 28 heavy (non-hydrogen) atoms. The minimum Gasteiger partial charge on any atom is -0.280 e. The summed E-state index contributed by atoms with van der Waals surface area (Å²) < 4.78 is 29.3. The highest BCUT2D eigenvalue weighted by Crippen LogP contribution is 2.30. The zero-order valence-electron chi connectivity index (χ0n) is 14.5. The van der Waals surface area contributed by atoms with E-state index in [1.54, 1.807) is 28.8 Å². The molecule has 0 bridgehead atoms. The van der Waals surface area contributed by atoms with Crippen LogP contribution in [0.2, 0.25) is 10.0 Å². The third-order valence-corrected chi connectivity index (χ3v) is 6.41. The molecule has 0 atom stereocenters. The van der Waals surface area contributed by atoms with E-state index in [0.717, 1.165) is 5.56 Å². The monoisotopic (exact) mass is 433 g/mol. The maximum Gasteiger partial charge on any atom is 0.263 e. The highest BCUT2D eigenvalue weighted by Gasteiger charge is 2.19. The second-order valence-electron chi connectivity index (χ2n) is 5.97. The van der Waals surface area contributed by atoms with Crippen LogP contribution in [-0.2, 0) is 10.0 Å². The number of nitrogens with zero attached hydrogens (tertiary/aromatic N) is 4. The molecule has 0 fully saturated rings. The van der Waals surface area contributed by atoms with Crippen molar-refractivity contribution in [3.63, 3.8) is 0 Å². The van der Waals surface area contributed by atoms with E-state index in [1.165, 1.54) is 18.2 Å². The van der Waals surface area contributed by atoms with E-state index in [0.29, 0.717) is 22.9 Å². The molecular formula is C18H13Cl2N5O2S. The van der Waals surface area contributed by atoms with E-state index >= 15 is 0 Å². The molecule has 142 valence electrons. The largest absolute Gasteiger partial charge is 0.280 e. The highest BCUT2D eigenvalue weighted by atomic mass is 35.5. The normalized spacial score (nSPS) is 11.7. The molecule has 2 aromatic heterocycles. The van der Waals surface area contributed by atoms with Gasteiger partial charge in [0.15, 0.2) is 11.5 Å². The molecule has 7 nitrogen and oxygen atoms in total. The topological polar surface area (TPSA) is 89.2 Å². The van der Waals surface area contributed by atoms with Crippen LogP contribution >= 0.6 is 23.2 Å². The van der Waals surface area contributed by atoms with Crippen LogP contribution in [0.3, 0.4) is 0 Å². The van der Waals surface area contributed by atoms with Gasteiger partial charge in [-0.1, -0.05) is 41.4 Å². The maximum absolute atomic E-state index is 12.6. The number of anilines is 1. The van der Waals surface area contributed by atoms with Crippen molar-refractivity contribution < 1.29 is 8.42 Å². The average molecular weight is 434 g/mol. The van der Waals surface area contributed by atoms with Crippen LogP contribution in [0, 0.1) is 6.92 Å². The molecule has 0 spiro atoms. The number of aryl methyl sites for hydroxylation is 1. The Kier molecular flexibility index (Phi) is 4.70. The molecule has 2 heterocycles. The molecular weight excluding hydrogens is 421 g/mol. The second kappa shape index (κ2) is 7.05. The number of fused-ring (bicyclic) bond motifs is 1. The number of hydrogen-bond acceptors (Lipinski definition) is 5. The fourth-order valence-corrected chi connectivity index (χ4v) is 4.48. The lowest BCUT2D eigenvalue weighted by Gasteiger charge is -2.11. The molecule has 0 saturated heterocycles. The van der Waals surface area contributed by atoms with Gasteiger partial charge in [-0.25, -0.2) is 8.42 Å². The van der Waals surface area contributed by atoms with Gasteiger partial charge in [-0.2, -0.15) is 9.61 Å². The first-order valence-electron chi connectivity index (χ1n) is 8.11. The van der Waals surface area contributed by atoms with Crippen molar-refractivity contribution in [2.24, 2.45) is 0 Å². The lowest BCUT2D eigenvalue weighted by Crippen LogP contribution is -2.13. The van der Waals surface area contributed by atoms with Crippen molar-refractivity contribution >= 4 is 44.6 Å². The molecule has 2 aromatic carbocycles. The Hall–Kier alpha value is -2.68. The number of benzene rings is 2. The van der Waals surface area contributed by atoms with Gasteiger partial charge < -0.3 is 0 Å². The first kappa shape index (κ1) is 18.7. The molecule has 4 rings (SSSR count). The molecule has 4 aromatic rings. The van der Waals surface area contributed by atoms with Crippen LogP contribution in [0.1, 0.15) is 5.82 Å². The zero-order valence-corrected chi connectivity index (χ0v) is 16.8. The Labute approximate surface area is 171 Å². The summed E-state index contributed by atoms with van der Waals surface area (Å²) in [4.78, 5) is -0.0825. The first-order valence-corrected chi connectivity index (χ1v) is 10.4. The number of halogens is 2. The van der Waals surface area contributed by atoms with Gasteiger partial charge in [0.2, 0.25) is 0 Å². The van der Waals surface area contributed by atoms with Gasteiger partial charge in [0.1, 0.15) is 4.90 Å². The van der Waals surface area contributed by atoms with Crippen LogP contribution in [0.4, 0.5) is 5.69 Å². The Morgan fingerprint density at radius 1 is 0.964 bits per heavy atom. The summed E-state index contributed by atoms with van der Waals surface area (Å²) >= 11 is 11.9. The quantitative estimate of drug-likeness (QED) is 0.520. The number of rotatable bonds is 4. The molecule has 0 saturated carbocycles. The molecule has 0 aliphatic carbocycles. The first-order chi connectivity index (χ1) is 13.3. The van der Waals surface area contributed by atoms with Crippen molar-refractivity contribution in [3.8, 4) is 11.3 Å². The Bertz CT molecular complexity index is 1290. The van der Waals surface area contributed by atoms with Crippen molar-refractivity contribution in [2.45, 2.75) is 11.8 Å². The lowest BCUT2D eigenvalue weighted by molar-refractivity contribution is 0.601. The molecule has 0 radical (unpaired) electrons. The molecule has 0 unspecified atom stereocenters. The number of nitrogens with one attached hydrogen (secondary N) is 1. The van der Waals surface area contributed by atoms with Crippen LogP contribution in [0.15, 0.2) is 59.5 Å². The number of aromatic nitrogens is 4. The van der Waals surface area contributed by atoms with Gasteiger partial charge in [0.05, 0.1) is 15.7 Å². The van der Waals surface area contributed by atoms with Crippen LogP contribution in [0.5, 0.6) is 0 Å². The zero-order chi connectivity index (χ0) is 19.9. The van der Waals surface area contributed by atoms with Crippen molar-refractivity contribution in [3.05, 3.63) is 70.5 Å². The summed E-state index contributed by atoms with van der Waals surface area (Å²) in [6, 6.07) is 14.9. The Balaban J connectivity index is 1.62. The van der Waals surface area contributed by atoms with Crippen LogP contribution in [-0.4, -0.2) is 28.2 Å². The van der Waals surface area contributed by atoms with Crippen molar-refractivity contribution in [2.75, 3.05) is 4.72 Å². The lowest BCUT2D eigenvalue weighted by atomic mass is 10.1. The Morgan fingerprint density at radius 3 is 2.46 bits per heavy atom. The summed E-state index contributed by atoms with van der Waals surface area (Å²) in [6.07, 6.45) is 0. The van der Waals surface area contributed by atoms with E-state index < -0.39 is 10.0 Å².